The molecule has 0 saturated carbocycles. The van der Waals surface area contributed by atoms with Gasteiger partial charge < -0.3 is 10.0 Å². The molecule has 1 fully saturated rings. The summed E-state index contributed by atoms with van der Waals surface area (Å²) in [4.78, 5) is 2.23. The van der Waals surface area contributed by atoms with E-state index in [1.807, 2.05) is 24.3 Å². The molecule has 0 aliphatic carbocycles. The first-order valence-corrected chi connectivity index (χ1v) is 5.64. The first-order chi connectivity index (χ1) is 7.76. The molecule has 3 nitrogen and oxygen atoms in total. The smallest absolute Gasteiger partial charge is 0.0991 e. The molecule has 2 rings (SSSR count). The Hall–Kier alpha value is -1.53. The van der Waals surface area contributed by atoms with Crippen molar-refractivity contribution in [2.75, 3.05) is 18.1 Å². The second kappa shape index (κ2) is 4.54. The number of anilines is 1. The topological polar surface area (TPSA) is 47.3 Å². The Labute approximate surface area is 95.9 Å². The molecule has 0 spiro atoms. The molecular formula is C13H16N2O. The molecule has 2 unspecified atom stereocenters. The molecule has 0 bridgehead atoms. The van der Waals surface area contributed by atoms with Crippen molar-refractivity contribution in [3.8, 4) is 6.07 Å². The Morgan fingerprint density at radius 1 is 1.44 bits per heavy atom. The minimum Gasteiger partial charge on any atom is -0.394 e. The van der Waals surface area contributed by atoms with Crippen LogP contribution in [-0.4, -0.2) is 24.3 Å². The largest absolute Gasteiger partial charge is 0.394 e. The van der Waals surface area contributed by atoms with Crippen LogP contribution in [0.3, 0.4) is 0 Å². The Balaban J connectivity index is 2.21. The number of nitrogens with zero attached hydrogens (tertiary/aromatic N) is 2. The highest BCUT2D eigenvalue weighted by Gasteiger charge is 2.30. The molecule has 0 amide bonds. The lowest BCUT2D eigenvalue weighted by atomic mass is 10.0. The quantitative estimate of drug-likeness (QED) is 0.819. The van der Waals surface area contributed by atoms with Crippen molar-refractivity contribution in [2.45, 2.75) is 19.4 Å². The van der Waals surface area contributed by atoms with Gasteiger partial charge in [-0.3, -0.25) is 0 Å². The molecule has 16 heavy (non-hydrogen) atoms. The zero-order valence-electron chi connectivity index (χ0n) is 9.43. The molecule has 1 aliphatic heterocycles. The number of hydrogen-bond acceptors (Lipinski definition) is 3. The Bertz CT molecular complexity index is 393. The number of rotatable bonds is 2. The van der Waals surface area contributed by atoms with Gasteiger partial charge in [-0.25, -0.2) is 0 Å². The van der Waals surface area contributed by atoms with Gasteiger partial charge in [-0.1, -0.05) is 6.92 Å². The average molecular weight is 216 g/mol. The second-order valence-electron chi connectivity index (χ2n) is 4.37. The summed E-state index contributed by atoms with van der Waals surface area (Å²) in [6, 6.07) is 9.89. The van der Waals surface area contributed by atoms with Gasteiger partial charge in [0.2, 0.25) is 0 Å². The molecule has 1 aliphatic rings. The van der Waals surface area contributed by atoms with Crippen LogP contribution in [0.2, 0.25) is 0 Å². The fraction of sp³-hybridized carbons (Fsp3) is 0.462. The summed E-state index contributed by atoms with van der Waals surface area (Å²) in [7, 11) is 0. The van der Waals surface area contributed by atoms with Gasteiger partial charge >= 0.3 is 0 Å². The minimum atomic E-state index is 0.196. The van der Waals surface area contributed by atoms with Crippen LogP contribution < -0.4 is 4.90 Å². The molecule has 84 valence electrons. The Morgan fingerprint density at radius 2 is 2.12 bits per heavy atom. The standard InChI is InChI=1S/C13H16N2O/c1-10-6-7-15(13(10)9-16)12-4-2-11(8-14)3-5-12/h2-5,10,13,16H,6-7,9H2,1H3. The molecule has 1 aromatic rings. The normalized spacial score (nSPS) is 24.4. The summed E-state index contributed by atoms with van der Waals surface area (Å²) < 4.78 is 0. The first kappa shape index (κ1) is 11.0. The van der Waals surface area contributed by atoms with E-state index in [0.717, 1.165) is 18.7 Å². The Morgan fingerprint density at radius 3 is 2.69 bits per heavy atom. The molecule has 0 radical (unpaired) electrons. The summed E-state index contributed by atoms with van der Waals surface area (Å²) in [6.45, 7) is 3.35. The molecule has 1 saturated heterocycles. The van der Waals surface area contributed by atoms with E-state index in [-0.39, 0.29) is 12.6 Å². The molecule has 0 aromatic heterocycles. The van der Waals surface area contributed by atoms with Gasteiger partial charge in [-0.15, -0.1) is 0 Å². The summed E-state index contributed by atoms with van der Waals surface area (Å²) in [6.07, 6.45) is 1.12. The molecule has 1 heterocycles. The summed E-state index contributed by atoms with van der Waals surface area (Å²) in [5.74, 6) is 0.528. The SMILES string of the molecule is CC1CCN(c2ccc(C#N)cc2)C1CO. The van der Waals surface area contributed by atoms with Gasteiger partial charge in [0, 0.05) is 12.2 Å². The van der Waals surface area contributed by atoms with Crippen LogP contribution in [0, 0.1) is 17.2 Å². The predicted molar refractivity (Wildman–Crippen MR) is 63.2 cm³/mol. The van der Waals surface area contributed by atoms with E-state index >= 15 is 0 Å². The van der Waals surface area contributed by atoms with Crippen LogP contribution in [0.25, 0.3) is 0 Å². The van der Waals surface area contributed by atoms with Crippen LogP contribution in [-0.2, 0) is 0 Å². The number of aliphatic hydroxyl groups is 1. The van der Waals surface area contributed by atoms with Crippen molar-refractivity contribution < 1.29 is 5.11 Å². The Kier molecular flexibility index (Phi) is 3.12. The highest BCUT2D eigenvalue weighted by molar-refractivity contribution is 5.51. The highest BCUT2D eigenvalue weighted by atomic mass is 16.3. The average Bonchev–Trinajstić information content (AvgIpc) is 2.70. The summed E-state index contributed by atoms with van der Waals surface area (Å²) >= 11 is 0. The van der Waals surface area contributed by atoms with Crippen molar-refractivity contribution in [2.24, 2.45) is 5.92 Å². The maximum atomic E-state index is 9.37. The number of hydrogen-bond donors (Lipinski definition) is 1. The maximum absolute atomic E-state index is 9.37. The summed E-state index contributed by atoms with van der Waals surface area (Å²) in [5.41, 5.74) is 1.78. The third-order valence-corrected chi connectivity index (χ3v) is 3.40. The lowest BCUT2D eigenvalue weighted by molar-refractivity contribution is 0.245. The van der Waals surface area contributed by atoms with E-state index in [4.69, 9.17) is 5.26 Å². The van der Waals surface area contributed by atoms with Crippen LogP contribution >= 0.6 is 0 Å². The summed E-state index contributed by atoms with van der Waals surface area (Å²) in [5, 5.41) is 18.1. The number of aliphatic hydroxyl groups excluding tert-OH is 1. The van der Waals surface area contributed by atoms with Crippen molar-refractivity contribution in [1.82, 2.24) is 0 Å². The van der Waals surface area contributed by atoms with Crippen LogP contribution in [0.1, 0.15) is 18.9 Å². The van der Waals surface area contributed by atoms with E-state index < -0.39 is 0 Å². The van der Waals surface area contributed by atoms with Crippen molar-refractivity contribution >= 4 is 5.69 Å². The van der Waals surface area contributed by atoms with Gasteiger partial charge in [0.1, 0.15) is 0 Å². The number of benzene rings is 1. The highest BCUT2D eigenvalue weighted by Crippen LogP contribution is 2.29. The van der Waals surface area contributed by atoms with Crippen molar-refractivity contribution in [3.05, 3.63) is 29.8 Å². The first-order valence-electron chi connectivity index (χ1n) is 5.64. The lowest BCUT2D eigenvalue weighted by Gasteiger charge is -2.27. The third kappa shape index (κ3) is 1.89. The zero-order valence-corrected chi connectivity index (χ0v) is 9.43. The van der Waals surface area contributed by atoms with Crippen molar-refractivity contribution in [3.63, 3.8) is 0 Å². The molecule has 3 heteroatoms. The molecule has 1 N–H and O–H groups in total. The second-order valence-corrected chi connectivity index (χ2v) is 4.37. The number of nitriles is 1. The lowest BCUT2D eigenvalue weighted by Crippen LogP contribution is -2.35. The minimum absolute atomic E-state index is 0.196. The van der Waals surface area contributed by atoms with E-state index in [1.165, 1.54) is 0 Å². The van der Waals surface area contributed by atoms with Gasteiger partial charge in [-0.05, 0) is 36.6 Å². The van der Waals surface area contributed by atoms with Gasteiger partial charge in [-0.2, -0.15) is 5.26 Å². The monoisotopic (exact) mass is 216 g/mol. The van der Waals surface area contributed by atoms with Gasteiger partial charge in [0.15, 0.2) is 0 Å². The van der Waals surface area contributed by atoms with Crippen LogP contribution in [0.5, 0.6) is 0 Å². The van der Waals surface area contributed by atoms with Crippen LogP contribution in [0.4, 0.5) is 5.69 Å². The fourth-order valence-electron chi connectivity index (χ4n) is 2.33. The molecular weight excluding hydrogens is 200 g/mol. The predicted octanol–water partition coefficient (Wildman–Crippen LogP) is 1.77. The van der Waals surface area contributed by atoms with E-state index in [0.29, 0.717) is 11.5 Å². The van der Waals surface area contributed by atoms with E-state index in [2.05, 4.69) is 17.9 Å². The zero-order chi connectivity index (χ0) is 11.5. The van der Waals surface area contributed by atoms with E-state index in [1.54, 1.807) is 0 Å². The third-order valence-electron chi connectivity index (χ3n) is 3.40. The maximum Gasteiger partial charge on any atom is 0.0991 e. The van der Waals surface area contributed by atoms with E-state index in [9.17, 15) is 5.11 Å². The van der Waals surface area contributed by atoms with Crippen LogP contribution in [0.15, 0.2) is 24.3 Å². The molecule has 1 aromatic carbocycles. The molecule has 2 atom stereocenters. The van der Waals surface area contributed by atoms with Crippen molar-refractivity contribution in [1.29, 1.82) is 5.26 Å². The van der Waals surface area contributed by atoms with Gasteiger partial charge in [0.05, 0.1) is 24.3 Å². The van der Waals surface area contributed by atoms with Gasteiger partial charge in [0.25, 0.3) is 0 Å². The fourth-order valence-corrected chi connectivity index (χ4v) is 2.33.